The van der Waals surface area contributed by atoms with Gasteiger partial charge in [0.05, 0.1) is 21.1 Å². The van der Waals surface area contributed by atoms with Crippen molar-refractivity contribution in [1.29, 1.82) is 0 Å². The zero-order valence-electron chi connectivity index (χ0n) is 7.61. The Morgan fingerprint density at radius 1 is 1.30 bits per heavy atom. The molecule has 64 valence electrons. The molecule has 0 aliphatic rings. The van der Waals surface area contributed by atoms with Crippen LogP contribution in [-0.4, -0.2) is 38.8 Å². The molecular formula is C7H19BrN2. The Bertz CT molecular complexity index is 74.2. The summed E-state index contributed by atoms with van der Waals surface area (Å²) in [6, 6.07) is 0. The van der Waals surface area contributed by atoms with Crippen molar-refractivity contribution in [3.05, 3.63) is 0 Å². The second-order valence-corrected chi connectivity index (χ2v) is 3.33. The zero-order valence-corrected chi connectivity index (χ0v) is 9.20. The van der Waals surface area contributed by atoms with E-state index in [0.717, 1.165) is 4.48 Å². The molecule has 3 heteroatoms. The van der Waals surface area contributed by atoms with Crippen LogP contribution in [0.4, 0.5) is 0 Å². The summed E-state index contributed by atoms with van der Waals surface area (Å²) < 4.78 is 0.993. The molecule has 0 aliphatic heterocycles. The number of rotatable bonds is 3. The SMILES string of the molecule is CCC(NC)[N+](C)(C)C.[Br-]. The second kappa shape index (κ2) is 5.10. The first kappa shape index (κ1) is 13.0. The third-order valence-electron chi connectivity index (χ3n) is 1.65. The maximum Gasteiger partial charge on any atom is 0.141 e. The van der Waals surface area contributed by atoms with Crippen molar-refractivity contribution in [2.75, 3.05) is 28.2 Å². The van der Waals surface area contributed by atoms with Gasteiger partial charge in [-0.05, 0) is 7.05 Å². The zero-order chi connectivity index (χ0) is 7.49. The van der Waals surface area contributed by atoms with E-state index in [1.165, 1.54) is 6.42 Å². The summed E-state index contributed by atoms with van der Waals surface area (Å²) in [6.07, 6.45) is 1.77. The molecule has 0 aromatic carbocycles. The fraction of sp³-hybridized carbons (Fsp3) is 1.00. The average molecular weight is 211 g/mol. The number of nitrogens with one attached hydrogen (secondary N) is 1. The highest BCUT2D eigenvalue weighted by Crippen LogP contribution is 2.01. The van der Waals surface area contributed by atoms with Gasteiger partial charge in [-0.1, -0.05) is 6.92 Å². The molecule has 0 spiro atoms. The smallest absolute Gasteiger partial charge is 0.141 e. The van der Waals surface area contributed by atoms with Crippen LogP contribution in [0.5, 0.6) is 0 Å². The number of hydrogen-bond acceptors (Lipinski definition) is 1. The lowest BCUT2D eigenvalue weighted by Crippen LogP contribution is -3.00. The number of quaternary nitrogens is 1. The van der Waals surface area contributed by atoms with Crippen LogP contribution in [0.25, 0.3) is 0 Å². The monoisotopic (exact) mass is 210 g/mol. The molecule has 0 saturated heterocycles. The summed E-state index contributed by atoms with van der Waals surface area (Å²) >= 11 is 0. The molecule has 0 aromatic heterocycles. The minimum Gasteiger partial charge on any atom is -1.00 e. The van der Waals surface area contributed by atoms with Gasteiger partial charge in [0, 0.05) is 6.42 Å². The molecule has 0 heterocycles. The van der Waals surface area contributed by atoms with Crippen molar-refractivity contribution in [2.45, 2.75) is 19.5 Å². The first-order chi connectivity index (χ1) is 4.02. The molecule has 0 saturated carbocycles. The normalized spacial score (nSPS) is 14.1. The topological polar surface area (TPSA) is 12.0 Å². The van der Waals surface area contributed by atoms with E-state index in [4.69, 9.17) is 0 Å². The molecule has 0 aliphatic carbocycles. The predicted octanol–water partition coefficient (Wildman–Crippen LogP) is -2.35. The highest BCUT2D eigenvalue weighted by atomic mass is 79.9. The van der Waals surface area contributed by atoms with Gasteiger partial charge in [0.15, 0.2) is 0 Å². The van der Waals surface area contributed by atoms with E-state index in [1.807, 2.05) is 7.05 Å². The molecule has 0 amide bonds. The van der Waals surface area contributed by atoms with E-state index < -0.39 is 0 Å². The van der Waals surface area contributed by atoms with Crippen molar-refractivity contribution in [3.8, 4) is 0 Å². The third-order valence-corrected chi connectivity index (χ3v) is 1.65. The molecule has 0 aromatic rings. The van der Waals surface area contributed by atoms with Crippen molar-refractivity contribution in [2.24, 2.45) is 0 Å². The molecule has 2 nitrogen and oxygen atoms in total. The van der Waals surface area contributed by atoms with Crippen molar-refractivity contribution in [1.82, 2.24) is 5.32 Å². The molecule has 1 unspecified atom stereocenters. The van der Waals surface area contributed by atoms with E-state index in [1.54, 1.807) is 0 Å². The average Bonchev–Trinajstić information content (AvgIpc) is 1.65. The van der Waals surface area contributed by atoms with Gasteiger partial charge in [-0.15, -0.1) is 0 Å². The van der Waals surface area contributed by atoms with Crippen LogP contribution < -0.4 is 22.3 Å². The molecule has 1 N–H and O–H groups in total. The Balaban J connectivity index is 0. The van der Waals surface area contributed by atoms with E-state index in [0.29, 0.717) is 6.17 Å². The first-order valence-corrected chi connectivity index (χ1v) is 3.50. The van der Waals surface area contributed by atoms with Gasteiger partial charge in [-0.2, -0.15) is 0 Å². The van der Waals surface area contributed by atoms with Crippen molar-refractivity contribution >= 4 is 0 Å². The Hall–Kier alpha value is 0.400. The molecule has 0 bridgehead atoms. The maximum atomic E-state index is 3.26. The van der Waals surface area contributed by atoms with Crippen LogP contribution in [0.3, 0.4) is 0 Å². The van der Waals surface area contributed by atoms with Crippen molar-refractivity contribution < 1.29 is 21.5 Å². The van der Waals surface area contributed by atoms with Crippen LogP contribution in [0, 0.1) is 0 Å². The summed E-state index contributed by atoms with van der Waals surface area (Å²) in [5.41, 5.74) is 0. The highest BCUT2D eigenvalue weighted by molar-refractivity contribution is 4.45. The standard InChI is InChI=1S/C7H19N2.BrH/c1-6-7(8-2)9(3,4)5;/h7-8H,6H2,1-5H3;1H/q+1;/p-1. The summed E-state index contributed by atoms with van der Waals surface area (Å²) in [6.45, 7) is 2.20. The van der Waals surface area contributed by atoms with Crippen LogP contribution in [-0.2, 0) is 0 Å². The van der Waals surface area contributed by atoms with Gasteiger partial charge in [-0.25, -0.2) is 0 Å². The summed E-state index contributed by atoms with van der Waals surface area (Å²) in [7, 11) is 8.61. The number of nitrogens with zero attached hydrogens (tertiary/aromatic N) is 1. The Morgan fingerprint density at radius 3 is 1.70 bits per heavy atom. The van der Waals surface area contributed by atoms with Gasteiger partial charge >= 0.3 is 0 Å². The second-order valence-electron chi connectivity index (χ2n) is 3.33. The lowest BCUT2D eigenvalue weighted by molar-refractivity contribution is -0.899. The molecule has 0 fully saturated rings. The molecule has 0 radical (unpaired) electrons. The molecule has 10 heavy (non-hydrogen) atoms. The minimum atomic E-state index is 0. The van der Waals surface area contributed by atoms with Crippen LogP contribution in [0.2, 0.25) is 0 Å². The molecule has 0 rings (SSSR count). The van der Waals surface area contributed by atoms with Crippen LogP contribution in [0.15, 0.2) is 0 Å². The Labute approximate surface area is 75.0 Å². The predicted molar refractivity (Wildman–Crippen MR) is 41.2 cm³/mol. The number of halogens is 1. The van der Waals surface area contributed by atoms with Crippen LogP contribution >= 0.6 is 0 Å². The van der Waals surface area contributed by atoms with Gasteiger partial charge < -0.3 is 21.5 Å². The van der Waals surface area contributed by atoms with E-state index in [2.05, 4.69) is 33.4 Å². The van der Waals surface area contributed by atoms with Gasteiger partial charge in [-0.3, -0.25) is 5.32 Å². The Morgan fingerprint density at radius 2 is 1.70 bits per heavy atom. The lowest BCUT2D eigenvalue weighted by atomic mass is 10.3. The van der Waals surface area contributed by atoms with Gasteiger partial charge in [0.2, 0.25) is 0 Å². The Kier molecular flexibility index (Phi) is 6.65. The summed E-state index contributed by atoms with van der Waals surface area (Å²) in [5, 5.41) is 3.26. The van der Waals surface area contributed by atoms with E-state index in [9.17, 15) is 0 Å². The maximum absolute atomic E-state index is 3.26. The van der Waals surface area contributed by atoms with E-state index >= 15 is 0 Å². The van der Waals surface area contributed by atoms with Gasteiger partial charge in [0.1, 0.15) is 6.17 Å². The molecular weight excluding hydrogens is 192 g/mol. The quantitative estimate of drug-likeness (QED) is 0.407. The van der Waals surface area contributed by atoms with Gasteiger partial charge in [0.25, 0.3) is 0 Å². The fourth-order valence-electron chi connectivity index (χ4n) is 1.14. The summed E-state index contributed by atoms with van der Waals surface area (Å²) in [4.78, 5) is 0. The lowest BCUT2D eigenvalue weighted by Gasteiger charge is -2.32. The largest absolute Gasteiger partial charge is 1.00 e. The summed E-state index contributed by atoms with van der Waals surface area (Å²) in [5.74, 6) is 0. The van der Waals surface area contributed by atoms with E-state index in [-0.39, 0.29) is 17.0 Å². The molecule has 1 atom stereocenters. The number of hydrogen-bond donors (Lipinski definition) is 1. The first-order valence-electron chi connectivity index (χ1n) is 3.50. The third kappa shape index (κ3) is 4.25. The van der Waals surface area contributed by atoms with Crippen molar-refractivity contribution in [3.63, 3.8) is 0 Å². The highest BCUT2D eigenvalue weighted by Gasteiger charge is 2.18. The fourth-order valence-corrected chi connectivity index (χ4v) is 1.14. The minimum absolute atomic E-state index is 0. The van der Waals surface area contributed by atoms with Crippen LogP contribution in [0.1, 0.15) is 13.3 Å².